The molecule has 1 heterocycles. The maximum absolute atomic E-state index is 12.1. The van der Waals surface area contributed by atoms with E-state index >= 15 is 0 Å². The molecule has 0 aliphatic rings. The highest BCUT2D eigenvalue weighted by Gasteiger charge is 2.38. The van der Waals surface area contributed by atoms with Crippen LogP contribution in [-0.4, -0.2) is 40.0 Å². The zero-order valence-corrected chi connectivity index (χ0v) is 10.7. The first kappa shape index (κ1) is 15.0. The molecule has 0 radical (unpaired) electrons. The molecule has 0 spiro atoms. The number of nitrogens with one attached hydrogen (secondary N) is 2. The first-order valence-corrected chi connectivity index (χ1v) is 6.01. The van der Waals surface area contributed by atoms with Crippen LogP contribution in [0.4, 0.5) is 13.2 Å². The van der Waals surface area contributed by atoms with E-state index in [1.807, 2.05) is 11.4 Å². The Balaban J connectivity index is 2.00. The van der Waals surface area contributed by atoms with Crippen LogP contribution in [0, 0.1) is 0 Å². The lowest BCUT2D eigenvalue weighted by molar-refractivity contribution is -0.201. The summed E-state index contributed by atoms with van der Waals surface area (Å²) >= 11 is 0. The fraction of sp³-hybridized carbons (Fsp3) is 0.231. The maximum atomic E-state index is 12.1. The summed E-state index contributed by atoms with van der Waals surface area (Å²) < 4.78 is 36.3. The van der Waals surface area contributed by atoms with E-state index in [4.69, 9.17) is 5.11 Å². The first-order chi connectivity index (χ1) is 9.88. The van der Waals surface area contributed by atoms with Gasteiger partial charge in [-0.1, -0.05) is 30.3 Å². The first-order valence-electron chi connectivity index (χ1n) is 6.01. The Hall–Kier alpha value is -2.35. The molecule has 0 saturated heterocycles. The van der Waals surface area contributed by atoms with E-state index in [9.17, 15) is 18.0 Å². The second kappa shape index (κ2) is 5.96. The Morgan fingerprint density at radius 3 is 2.62 bits per heavy atom. The summed E-state index contributed by atoms with van der Waals surface area (Å²) in [6.45, 7) is -0.915. The number of H-pyrrole nitrogens is 1. The smallest absolute Gasteiger partial charge is 0.382 e. The van der Waals surface area contributed by atoms with Gasteiger partial charge in [-0.2, -0.15) is 18.3 Å². The number of nitrogens with zero attached hydrogens (tertiary/aromatic N) is 1. The largest absolute Gasteiger partial charge is 0.416 e. The lowest BCUT2D eigenvalue weighted by Gasteiger charge is -2.14. The van der Waals surface area contributed by atoms with Crippen LogP contribution >= 0.6 is 0 Å². The van der Waals surface area contributed by atoms with E-state index in [2.05, 4.69) is 10.2 Å². The van der Waals surface area contributed by atoms with Gasteiger partial charge >= 0.3 is 6.18 Å². The number of aromatic amines is 1. The van der Waals surface area contributed by atoms with Crippen molar-refractivity contribution in [1.29, 1.82) is 0 Å². The Morgan fingerprint density at radius 1 is 1.33 bits per heavy atom. The van der Waals surface area contributed by atoms with Crippen molar-refractivity contribution in [2.24, 2.45) is 0 Å². The van der Waals surface area contributed by atoms with Gasteiger partial charge in [-0.25, -0.2) is 0 Å². The van der Waals surface area contributed by atoms with Gasteiger partial charge in [0.1, 0.15) is 5.69 Å². The molecule has 1 amide bonds. The summed E-state index contributed by atoms with van der Waals surface area (Å²) in [5.41, 5.74) is 1.28. The third-order valence-corrected chi connectivity index (χ3v) is 2.73. The van der Waals surface area contributed by atoms with Gasteiger partial charge < -0.3 is 10.4 Å². The number of aliphatic hydroxyl groups is 1. The summed E-state index contributed by atoms with van der Waals surface area (Å²) in [5, 5.41) is 17.1. The van der Waals surface area contributed by atoms with Crippen molar-refractivity contribution in [1.82, 2.24) is 15.5 Å². The Labute approximate surface area is 117 Å². The van der Waals surface area contributed by atoms with E-state index in [-0.39, 0.29) is 5.69 Å². The standard InChI is InChI=1S/C13H12F3N3O2/c14-13(15,16)11(20)7-17-12(21)10-6-9(18-19-10)8-4-2-1-3-5-8/h1-6,11,20H,7H2,(H,17,21)(H,18,19). The van der Waals surface area contributed by atoms with Gasteiger partial charge in [0.05, 0.1) is 12.2 Å². The molecule has 2 aromatic rings. The minimum Gasteiger partial charge on any atom is -0.382 e. The minimum atomic E-state index is -4.77. The molecule has 0 aliphatic heterocycles. The predicted octanol–water partition coefficient (Wildman–Crippen LogP) is 1.73. The number of benzene rings is 1. The van der Waals surface area contributed by atoms with Crippen molar-refractivity contribution in [3.63, 3.8) is 0 Å². The fourth-order valence-corrected chi connectivity index (χ4v) is 1.60. The SMILES string of the molecule is O=C(NCC(O)C(F)(F)F)c1cc(-c2ccccc2)n[nH]1. The van der Waals surface area contributed by atoms with Crippen molar-refractivity contribution in [3.8, 4) is 11.3 Å². The average molecular weight is 299 g/mol. The number of alkyl halides is 3. The highest BCUT2D eigenvalue weighted by Crippen LogP contribution is 2.19. The number of rotatable bonds is 4. The maximum Gasteiger partial charge on any atom is 0.416 e. The number of hydrogen-bond acceptors (Lipinski definition) is 3. The topological polar surface area (TPSA) is 78.0 Å². The Kier molecular flexibility index (Phi) is 4.27. The number of halogens is 3. The van der Waals surface area contributed by atoms with Crippen LogP contribution in [0.15, 0.2) is 36.4 Å². The second-order valence-electron chi connectivity index (χ2n) is 4.30. The van der Waals surface area contributed by atoms with Crippen LogP contribution in [0.2, 0.25) is 0 Å². The molecular weight excluding hydrogens is 287 g/mol. The van der Waals surface area contributed by atoms with Crippen molar-refractivity contribution in [2.75, 3.05) is 6.54 Å². The normalized spacial score (nSPS) is 13.0. The van der Waals surface area contributed by atoms with Crippen LogP contribution in [0.3, 0.4) is 0 Å². The molecule has 1 atom stereocenters. The van der Waals surface area contributed by atoms with Gasteiger partial charge in [-0.15, -0.1) is 0 Å². The van der Waals surface area contributed by atoms with Crippen molar-refractivity contribution >= 4 is 5.91 Å². The Bertz CT molecular complexity index is 611. The quantitative estimate of drug-likeness (QED) is 0.804. The van der Waals surface area contributed by atoms with E-state index < -0.39 is 24.7 Å². The highest BCUT2D eigenvalue weighted by atomic mass is 19.4. The molecule has 0 fully saturated rings. The van der Waals surface area contributed by atoms with Gasteiger partial charge in [0, 0.05) is 5.56 Å². The van der Waals surface area contributed by atoms with Crippen LogP contribution < -0.4 is 5.32 Å². The summed E-state index contributed by atoms with van der Waals surface area (Å²) in [6, 6.07) is 10.4. The van der Waals surface area contributed by atoms with Crippen LogP contribution in [0.5, 0.6) is 0 Å². The predicted molar refractivity (Wildman–Crippen MR) is 68.4 cm³/mol. The summed E-state index contributed by atoms with van der Waals surface area (Å²) in [7, 11) is 0. The third-order valence-electron chi connectivity index (χ3n) is 2.73. The zero-order valence-electron chi connectivity index (χ0n) is 10.7. The lowest BCUT2D eigenvalue weighted by atomic mass is 10.1. The zero-order chi connectivity index (χ0) is 15.5. The van der Waals surface area contributed by atoms with Gasteiger partial charge in [0.25, 0.3) is 5.91 Å². The van der Waals surface area contributed by atoms with Crippen LogP contribution in [0.25, 0.3) is 11.3 Å². The Morgan fingerprint density at radius 2 is 2.00 bits per heavy atom. The van der Waals surface area contributed by atoms with Gasteiger partial charge in [-0.3, -0.25) is 9.89 Å². The van der Waals surface area contributed by atoms with E-state index in [0.717, 1.165) is 5.56 Å². The second-order valence-corrected chi connectivity index (χ2v) is 4.30. The molecule has 3 N–H and O–H groups in total. The van der Waals surface area contributed by atoms with E-state index in [0.29, 0.717) is 5.69 Å². The molecule has 1 aromatic carbocycles. The number of carbonyl (C=O) groups excluding carboxylic acids is 1. The molecule has 21 heavy (non-hydrogen) atoms. The monoisotopic (exact) mass is 299 g/mol. The number of amides is 1. The molecule has 0 aliphatic carbocycles. The van der Waals surface area contributed by atoms with Crippen molar-refractivity contribution in [2.45, 2.75) is 12.3 Å². The van der Waals surface area contributed by atoms with Crippen molar-refractivity contribution < 1.29 is 23.1 Å². The minimum absolute atomic E-state index is 0.0169. The molecule has 8 heteroatoms. The lowest BCUT2D eigenvalue weighted by Crippen LogP contribution is -2.40. The average Bonchev–Trinajstić information content (AvgIpc) is 2.94. The van der Waals surface area contributed by atoms with Gasteiger partial charge in [0.2, 0.25) is 0 Å². The van der Waals surface area contributed by atoms with Gasteiger partial charge in [0.15, 0.2) is 6.10 Å². The summed E-state index contributed by atoms with van der Waals surface area (Å²) in [5.74, 6) is -0.770. The molecule has 1 unspecified atom stereocenters. The van der Waals surface area contributed by atoms with Crippen molar-refractivity contribution in [3.05, 3.63) is 42.1 Å². The molecule has 1 aromatic heterocycles. The van der Waals surface area contributed by atoms with Crippen LogP contribution in [0.1, 0.15) is 10.5 Å². The number of carbonyl (C=O) groups is 1. The van der Waals surface area contributed by atoms with E-state index in [1.165, 1.54) is 6.07 Å². The molecule has 0 saturated carbocycles. The molecule has 2 rings (SSSR count). The summed E-state index contributed by atoms with van der Waals surface area (Å²) in [4.78, 5) is 11.7. The van der Waals surface area contributed by atoms with Crippen LogP contribution in [-0.2, 0) is 0 Å². The van der Waals surface area contributed by atoms with Gasteiger partial charge in [-0.05, 0) is 6.07 Å². The summed E-state index contributed by atoms with van der Waals surface area (Å²) in [6.07, 6.45) is -7.37. The highest BCUT2D eigenvalue weighted by molar-refractivity contribution is 5.93. The third kappa shape index (κ3) is 3.82. The molecular formula is C13H12F3N3O2. The number of aliphatic hydroxyl groups excluding tert-OH is 1. The number of hydrogen-bond donors (Lipinski definition) is 3. The molecule has 0 bridgehead atoms. The molecule has 112 valence electrons. The number of aromatic nitrogens is 2. The molecule has 5 nitrogen and oxygen atoms in total. The van der Waals surface area contributed by atoms with E-state index in [1.54, 1.807) is 24.3 Å². The fourth-order valence-electron chi connectivity index (χ4n) is 1.60.